The minimum absolute atomic E-state index is 0.583. The zero-order chi connectivity index (χ0) is 37.7. The van der Waals surface area contributed by atoms with Gasteiger partial charge in [0.2, 0.25) is 0 Å². The summed E-state index contributed by atoms with van der Waals surface area (Å²) in [4.78, 5) is 17.4. The van der Waals surface area contributed by atoms with Gasteiger partial charge in [-0.05, 0) is 54.1 Å². The third-order valence-corrected chi connectivity index (χ3v) is 10.5. The van der Waals surface area contributed by atoms with Crippen LogP contribution in [0.25, 0.3) is 89.2 Å². The number of rotatable bonds is 7. The zero-order valence-electron chi connectivity index (χ0n) is 30.6. The molecule has 0 amide bonds. The van der Waals surface area contributed by atoms with E-state index in [1.165, 1.54) is 0 Å². The first-order valence-corrected chi connectivity index (χ1v) is 18.9. The number of nitrogens with zero attached hydrogens (tertiary/aromatic N) is 4. The zero-order valence-corrected chi connectivity index (χ0v) is 30.6. The van der Waals surface area contributed by atoms with Gasteiger partial charge in [-0.2, -0.15) is 0 Å². The number of aromatic nitrogens is 3. The van der Waals surface area contributed by atoms with Gasteiger partial charge in [0, 0.05) is 61.2 Å². The summed E-state index contributed by atoms with van der Waals surface area (Å²) in [6.07, 6.45) is 0. The highest BCUT2D eigenvalue weighted by atomic mass is 16.3. The van der Waals surface area contributed by atoms with Gasteiger partial charge in [0.15, 0.2) is 17.5 Å². The van der Waals surface area contributed by atoms with Gasteiger partial charge in [-0.25, -0.2) is 15.0 Å². The van der Waals surface area contributed by atoms with Crippen LogP contribution in [0, 0.1) is 0 Å². The number of hydrogen-bond acceptors (Lipinski definition) is 6. The Hall–Kier alpha value is -7.83. The summed E-state index contributed by atoms with van der Waals surface area (Å²) >= 11 is 0. The van der Waals surface area contributed by atoms with Gasteiger partial charge in [0.25, 0.3) is 0 Å². The van der Waals surface area contributed by atoms with Crippen LogP contribution < -0.4 is 4.90 Å². The first kappa shape index (κ1) is 32.6. The summed E-state index contributed by atoms with van der Waals surface area (Å²) in [5.41, 5.74) is 11.2. The lowest BCUT2D eigenvalue weighted by Gasteiger charge is -2.28. The Morgan fingerprint density at radius 1 is 0.333 bits per heavy atom. The summed E-state index contributed by atoms with van der Waals surface area (Å²) in [6, 6.07) is 66.3. The third-order valence-electron chi connectivity index (χ3n) is 10.5. The molecule has 3 aromatic heterocycles. The molecule has 268 valence electrons. The van der Waals surface area contributed by atoms with Crippen molar-refractivity contribution in [2.24, 2.45) is 0 Å². The van der Waals surface area contributed by atoms with Crippen molar-refractivity contribution in [3.63, 3.8) is 0 Å². The highest BCUT2D eigenvalue weighted by Crippen LogP contribution is 2.45. The van der Waals surface area contributed by atoms with E-state index < -0.39 is 0 Å². The molecule has 0 fully saturated rings. The van der Waals surface area contributed by atoms with Gasteiger partial charge < -0.3 is 13.7 Å². The first-order valence-electron chi connectivity index (χ1n) is 18.9. The molecule has 0 atom stereocenters. The number of para-hydroxylation sites is 2. The Labute approximate surface area is 328 Å². The van der Waals surface area contributed by atoms with E-state index >= 15 is 0 Å². The third kappa shape index (κ3) is 5.70. The quantitative estimate of drug-likeness (QED) is 0.162. The molecular formula is C51H32N4O2. The first-order chi connectivity index (χ1) is 28.2. The largest absolute Gasteiger partial charge is 0.456 e. The Bertz CT molecular complexity index is 3190. The van der Waals surface area contributed by atoms with Crippen molar-refractivity contribution < 1.29 is 8.83 Å². The molecule has 0 spiro atoms. The van der Waals surface area contributed by atoms with Gasteiger partial charge in [0.05, 0.1) is 5.69 Å². The standard InChI is InChI=1S/C51H32N4O2/c1-4-15-33(16-5-1)38-21-10-12-24-43(38)55(36-28-30-45-42(31-36)39-22-11-13-25-44(39)56-45)37-27-29-40-47(32-37)57-46-26-14-23-41(48(40)46)51-53-49(34-17-6-2-7-18-34)52-50(54-51)35-19-8-3-9-20-35/h1-32H. The van der Waals surface area contributed by atoms with Crippen LogP contribution in [0.15, 0.2) is 203 Å². The topological polar surface area (TPSA) is 68.2 Å². The van der Waals surface area contributed by atoms with Crippen LogP contribution in [0.3, 0.4) is 0 Å². The maximum Gasteiger partial charge on any atom is 0.164 e. The number of hydrogen-bond donors (Lipinski definition) is 0. The molecule has 11 aromatic rings. The van der Waals surface area contributed by atoms with E-state index in [9.17, 15) is 0 Å². The average molecular weight is 733 g/mol. The van der Waals surface area contributed by atoms with Crippen molar-refractivity contribution >= 4 is 60.9 Å². The fraction of sp³-hybridized carbons (Fsp3) is 0. The number of anilines is 3. The van der Waals surface area contributed by atoms with Crippen molar-refractivity contribution in [3.05, 3.63) is 194 Å². The lowest BCUT2D eigenvalue weighted by molar-refractivity contribution is 0.668. The summed E-state index contributed by atoms with van der Waals surface area (Å²) in [5.74, 6) is 1.81. The molecule has 6 heteroatoms. The Kier molecular flexibility index (Phi) is 7.71. The predicted octanol–water partition coefficient (Wildman–Crippen LogP) is 13.8. The fourth-order valence-corrected chi connectivity index (χ4v) is 7.88. The molecule has 0 unspecified atom stereocenters. The van der Waals surface area contributed by atoms with Gasteiger partial charge in [0.1, 0.15) is 22.3 Å². The Morgan fingerprint density at radius 3 is 1.63 bits per heavy atom. The van der Waals surface area contributed by atoms with Crippen molar-refractivity contribution in [2.75, 3.05) is 4.90 Å². The molecular weight excluding hydrogens is 701 g/mol. The van der Waals surface area contributed by atoms with Crippen LogP contribution in [0.2, 0.25) is 0 Å². The number of furan rings is 2. The lowest BCUT2D eigenvalue weighted by Crippen LogP contribution is -2.11. The van der Waals surface area contributed by atoms with Gasteiger partial charge in [-0.15, -0.1) is 0 Å². The second kappa shape index (κ2) is 13.5. The Morgan fingerprint density at radius 2 is 0.877 bits per heavy atom. The molecule has 11 rings (SSSR count). The normalized spacial score (nSPS) is 11.5. The molecule has 0 aliphatic rings. The molecule has 0 bridgehead atoms. The molecule has 8 aromatic carbocycles. The Balaban J connectivity index is 1.11. The van der Waals surface area contributed by atoms with Gasteiger partial charge >= 0.3 is 0 Å². The van der Waals surface area contributed by atoms with Crippen LogP contribution >= 0.6 is 0 Å². The summed E-state index contributed by atoms with van der Waals surface area (Å²) in [7, 11) is 0. The summed E-state index contributed by atoms with van der Waals surface area (Å²) < 4.78 is 13.0. The van der Waals surface area contributed by atoms with E-state index in [0.717, 1.165) is 88.8 Å². The van der Waals surface area contributed by atoms with Crippen molar-refractivity contribution in [1.29, 1.82) is 0 Å². The van der Waals surface area contributed by atoms with Crippen LogP contribution in [0.1, 0.15) is 0 Å². The second-order valence-electron chi connectivity index (χ2n) is 14.0. The smallest absolute Gasteiger partial charge is 0.164 e. The highest BCUT2D eigenvalue weighted by molar-refractivity contribution is 6.13. The van der Waals surface area contributed by atoms with Crippen LogP contribution in [0.5, 0.6) is 0 Å². The van der Waals surface area contributed by atoms with Crippen LogP contribution in [0.4, 0.5) is 17.1 Å². The molecule has 6 nitrogen and oxygen atoms in total. The highest BCUT2D eigenvalue weighted by Gasteiger charge is 2.22. The van der Waals surface area contributed by atoms with E-state index in [2.05, 4.69) is 108 Å². The van der Waals surface area contributed by atoms with Gasteiger partial charge in [-0.3, -0.25) is 0 Å². The van der Waals surface area contributed by atoms with Gasteiger partial charge in [-0.1, -0.05) is 140 Å². The fourth-order valence-electron chi connectivity index (χ4n) is 7.88. The predicted molar refractivity (Wildman–Crippen MR) is 231 cm³/mol. The van der Waals surface area contributed by atoms with Crippen LogP contribution in [-0.2, 0) is 0 Å². The second-order valence-corrected chi connectivity index (χ2v) is 14.0. The lowest BCUT2D eigenvalue weighted by atomic mass is 10.0. The van der Waals surface area contributed by atoms with E-state index in [1.54, 1.807) is 0 Å². The minimum Gasteiger partial charge on any atom is -0.456 e. The molecule has 0 aliphatic carbocycles. The SMILES string of the molecule is c1ccc(-c2nc(-c3ccccc3)nc(-c3cccc4oc5cc(N(c6ccc7oc8ccccc8c7c6)c6ccccc6-c6ccccc6)ccc5c34)n2)cc1. The monoisotopic (exact) mass is 732 g/mol. The van der Waals surface area contributed by atoms with Crippen molar-refractivity contribution in [2.45, 2.75) is 0 Å². The van der Waals surface area contributed by atoms with E-state index in [4.69, 9.17) is 23.8 Å². The average Bonchev–Trinajstić information content (AvgIpc) is 3.85. The maximum absolute atomic E-state index is 6.72. The van der Waals surface area contributed by atoms with E-state index in [-0.39, 0.29) is 0 Å². The van der Waals surface area contributed by atoms with Crippen LogP contribution in [-0.4, -0.2) is 15.0 Å². The summed E-state index contributed by atoms with van der Waals surface area (Å²) in [6.45, 7) is 0. The summed E-state index contributed by atoms with van der Waals surface area (Å²) in [5, 5.41) is 4.06. The molecule has 0 N–H and O–H groups in total. The molecule has 0 radical (unpaired) electrons. The van der Waals surface area contributed by atoms with E-state index in [1.807, 2.05) is 91.0 Å². The molecule has 0 aliphatic heterocycles. The maximum atomic E-state index is 6.72. The van der Waals surface area contributed by atoms with Crippen molar-refractivity contribution in [1.82, 2.24) is 15.0 Å². The number of benzene rings is 8. The minimum atomic E-state index is 0.583. The molecule has 0 saturated heterocycles. The molecule has 0 saturated carbocycles. The number of fused-ring (bicyclic) bond motifs is 6. The molecule has 3 heterocycles. The van der Waals surface area contributed by atoms with E-state index in [0.29, 0.717) is 17.5 Å². The molecule has 57 heavy (non-hydrogen) atoms. The van der Waals surface area contributed by atoms with Crippen molar-refractivity contribution in [3.8, 4) is 45.3 Å².